The third-order valence-corrected chi connectivity index (χ3v) is 5.05. The summed E-state index contributed by atoms with van der Waals surface area (Å²) in [6.07, 6.45) is 16.4. The van der Waals surface area contributed by atoms with E-state index in [0.717, 1.165) is 24.4 Å². The van der Waals surface area contributed by atoms with Gasteiger partial charge in [0.25, 0.3) is 0 Å². The maximum absolute atomic E-state index is 3.76. The van der Waals surface area contributed by atoms with E-state index in [1.165, 1.54) is 70.6 Å². The summed E-state index contributed by atoms with van der Waals surface area (Å²) in [5, 5.41) is 3.76. The minimum atomic E-state index is 0.837. The molecule has 0 aromatic heterocycles. The molecule has 1 nitrogen and oxygen atoms in total. The highest BCUT2D eigenvalue weighted by molar-refractivity contribution is 4.81. The van der Waals surface area contributed by atoms with E-state index in [4.69, 9.17) is 0 Å². The third kappa shape index (κ3) is 4.28. The Hall–Kier alpha value is -0.0400. The Morgan fingerprint density at radius 2 is 1.59 bits per heavy atom. The van der Waals surface area contributed by atoms with Crippen LogP contribution in [0.4, 0.5) is 0 Å². The van der Waals surface area contributed by atoms with Gasteiger partial charge < -0.3 is 5.32 Å². The monoisotopic (exact) mass is 237 g/mol. The van der Waals surface area contributed by atoms with E-state index in [-0.39, 0.29) is 0 Å². The molecule has 0 aromatic rings. The highest BCUT2D eigenvalue weighted by Crippen LogP contribution is 2.32. The fourth-order valence-electron chi connectivity index (χ4n) is 4.02. The van der Waals surface area contributed by atoms with Crippen molar-refractivity contribution in [3.05, 3.63) is 0 Å². The molecular weight excluding hydrogens is 206 g/mol. The predicted octanol–water partition coefficient (Wildman–Crippen LogP) is 4.52. The first-order valence-electron chi connectivity index (χ1n) is 8.13. The molecule has 0 saturated heterocycles. The zero-order valence-corrected chi connectivity index (χ0v) is 11.7. The summed E-state index contributed by atoms with van der Waals surface area (Å²) in [4.78, 5) is 0. The Kier molecular flexibility index (Phi) is 5.84. The number of hydrogen-bond acceptors (Lipinski definition) is 1. The van der Waals surface area contributed by atoms with Crippen LogP contribution in [0, 0.1) is 11.8 Å². The van der Waals surface area contributed by atoms with Crippen molar-refractivity contribution >= 4 is 0 Å². The van der Waals surface area contributed by atoms with Crippen LogP contribution < -0.4 is 5.32 Å². The molecule has 2 saturated carbocycles. The fourth-order valence-corrected chi connectivity index (χ4v) is 4.02. The molecule has 0 aromatic carbocycles. The van der Waals surface area contributed by atoms with Gasteiger partial charge >= 0.3 is 0 Å². The topological polar surface area (TPSA) is 12.0 Å². The van der Waals surface area contributed by atoms with E-state index in [1.54, 1.807) is 0 Å². The highest BCUT2D eigenvalue weighted by atomic mass is 14.9. The maximum Gasteiger partial charge on any atom is 0.00953 e. The minimum absolute atomic E-state index is 0.837. The minimum Gasteiger partial charge on any atom is -0.314 e. The quantitative estimate of drug-likeness (QED) is 0.716. The van der Waals surface area contributed by atoms with Crippen LogP contribution in [-0.2, 0) is 0 Å². The van der Waals surface area contributed by atoms with Crippen molar-refractivity contribution in [3.63, 3.8) is 0 Å². The lowest BCUT2D eigenvalue weighted by atomic mass is 9.83. The van der Waals surface area contributed by atoms with Crippen LogP contribution in [0.1, 0.15) is 77.6 Å². The Bertz CT molecular complexity index is 190. The second-order valence-electron chi connectivity index (χ2n) is 6.29. The molecule has 2 fully saturated rings. The molecular formula is C16H31N. The van der Waals surface area contributed by atoms with Crippen LogP contribution in [-0.4, -0.2) is 12.6 Å². The Labute approximate surface area is 108 Å². The first-order chi connectivity index (χ1) is 8.40. The van der Waals surface area contributed by atoms with Gasteiger partial charge in [0.15, 0.2) is 0 Å². The lowest BCUT2D eigenvalue weighted by Gasteiger charge is -2.28. The molecule has 0 radical (unpaired) electrons. The average Bonchev–Trinajstić information content (AvgIpc) is 2.89. The standard InChI is InChI=1S/C16H31N/c1-2-17-16(15-10-6-7-11-15)13-12-14-8-4-3-5-9-14/h14-17H,2-13H2,1H3. The van der Waals surface area contributed by atoms with Crippen molar-refractivity contribution in [2.75, 3.05) is 6.54 Å². The van der Waals surface area contributed by atoms with E-state index in [9.17, 15) is 0 Å². The first-order valence-corrected chi connectivity index (χ1v) is 8.13. The summed E-state index contributed by atoms with van der Waals surface area (Å²) in [7, 11) is 0. The molecule has 1 N–H and O–H groups in total. The van der Waals surface area contributed by atoms with Gasteiger partial charge in [-0.15, -0.1) is 0 Å². The van der Waals surface area contributed by atoms with Crippen molar-refractivity contribution in [1.29, 1.82) is 0 Å². The SMILES string of the molecule is CCNC(CCC1CCCCC1)C1CCCC1. The molecule has 0 amide bonds. The van der Waals surface area contributed by atoms with Gasteiger partial charge in [-0.1, -0.05) is 51.9 Å². The number of nitrogens with one attached hydrogen (secondary N) is 1. The molecule has 0 heterocycles. The molecule has 100 valence electrons. The fraction of sp³-hybridized carbons (Fsp3) is 1.00. The Balaban J connectivity index is 1.72. The van der Waals surface area contributed by atoms with Crippen LogP contribution in [0.2, 0.25) is 0 Å². The van der Waals surface area contributed by atoms with Crippen molar-refractivity contribution in [3.8, 4) is 0 Å². The lowest BCUT2D eigenvalue weighted by molar-refractivity contribution is 0.279. The number of hydrogen-bond donors (Lipinski definition) is 1. The van der Waals surface area contributed by atoms with Gasteiger partial charge in [-0.25, -0.2) is 0 Å². The van der Waals surface area contributed by atoms with Crippen LogP contribution in [0.5, 0.6) is 0 Å². The molecule has 0 spiro atoms. The van der Waals surface area contributed by atoms with Gasteiger partial charge in [-0.3, -0.25) is 0 Å². The molecule has 2 aliphatic carbocycles. The summed E-state index contributed by atoms with van der Waals surface area (Å²) in [5.41, 5.74) is 0. The largest absolute Gasteiger partial charge is 0.314 e. The molecule has 1 heteroatoms. The van der Waals surface area contributed by atoms with Crippen molar-refractivity contribution < 1.29 is 0 Å². The van der Waals surface area contributed by atoms with Crippen LogP contribution in [0.3, 0.4) is 0 Å². The molecule has 0 aliphatic heterocycles. The second-order valence-corrected chi connectivity index (χ2v) is 6.29. The zero-order valence-electron chi connectivity index (χ0n) is 11.7. The normalized spacial score (nSPS) is 25.2. The molecule has 2 rings (SSSR count). The molecule has 1 atom stereocenters. The zero-order chi connectivity index (χ0) is 11.9. The summed E-state index contributed by atoms with van der Waals surface area (Å²) in [5.74, 6) is 2.06. The van der Waals surface area contributed by atoms with Gasteiger partial charge in [0, 0.05) is 6.04 Å². The van der Waals surface area contributed by atoms with Crippen molar-refractivity contribution in [1.82, 2.24) is 5.32 Å². The van der Waals surface area contributed by atoms with Crippen LogP contribution in [0.15, 0.2) is 0 Å². The van der Waals surface area contributed by atoms with Gasteiger partial charge in [-0.2, -0.15) is 0 Å². The van der Waals surface area contributed by atoms with Crippen LogP contribution >= 0.6 is 0 Å². The Morgan fingerprint density at radius 3 is 2.24 bits per heavy atom. The molecule has 2 aliphatic rings. The molecule has 1 unspecified atom stereocenters. The first kappa shape index (κ1) is 13.4. The molecule has 17 heavy (non-hydrogen) atoms. The van der Waals surface area contributed by atoms with Crippen LogP contribution in [0.25, 0.3) is 0 Å². The van der Waals surface area contributed by atoms with E-state index in [1.807, 2.05) is 0 Å². The van der Waals surface area contributed by atoms with Gasteiger partial charge in [0.2, 0.25) is 0 Å². The van der Waals surface area contributed by atoms with Gasteiger partial charge in [0.1, 0.15) is 0 Å². The van der Waals surface area contributed by atoms with E-state index >= 15 is 0 Å². The Morgan fingerprint density at radius 1 is 0.941 bits per heavy atom. The average molecular weight is 237 g/mol. The maximum atomic E-state index is 3.76. The summed E-state index contributed by atoms with van der Waals surface area (Å²) >= 11 is 0. The van der Waals surface area contributed by atoms with Crippen molar-refractivity contribution in [2.24, 2.45) is 11.8 Å². The smallest absolute Gasteiger partial charge is 0.00953 e. The summed E-state index contributed by atoms with van der Waals surface area (Å²) in [6.45, 7) is 3.42. The van der Waals surface area contributed by atoms with E-state index in [0.29, 0.717) is 0 Å². The molecule has 0 bridgehead atoms. The van der Waals surface area contributed by atoms with Gasteiger partial charge in [-0.05, 0) is 44.1 Å². The van der Waals surface area contributed by atoms with Crippen molar-refractivity contribution in [2.45, 2.75) is 83.6 Å². The second kappa shape index (κ2) is 7.41. The lowest BCUT2D eigenvalue weighted by Crippen LogP contribution is -2.35. The van der Waals surface area contributed by atoms with Gasteiger partial charge in [0.05, 0.1) is 0 Å². The third-order valence-electron chi connectivity index (χ3n) is 5.05. The van der Waals surface area contributed by atoms with E-state index < -0.39 is 0 Å². The summed E-state index contributed by atoms with van der Waals surface area (Å²) in [6, 6.07) is 0.837. The predicted molar refractivity (Wildman–Crippen MR) is 75.2 cm³/mol. The summed E-state index contributed by atoms with van der Waals surface area (Å²) < 4.78 is 0. The highest BCUT2D eigenvalue weighted by Gasteiger charge is 2.25. The number of rotatable bonds is 6. The van der Waals surface area contributed by atoms with E-state index in [2.05, 4.69) is 12.2 Å².